The van der Waals surface area contributed by atoms with Crippen LogP contribution in [0.3, 0.4) is 0 Å². The molecule has 22 heavy (non-hydrogen) atoms. The number of anilines is 1. The van der Waals surface area contributed by atoms with Crippen LogP contribution < -0.4 is 20.7 Å². The predicted octanol–water partition coefficient (Wildman–Crippen LogP) is 2.88. The van der Waals surface area contributed by atoms with Gasteiger partial charge in [-0.05, 0) is 44.7 Å². The zero-order chi connectivity index (χ0) is 15.4. The SMILES string of the molecule is CCOc1ccccc1NC(=O)NC1CC2CCCC(C1)N2. The summed E-state index contributed by atoms with van der Waals surface area (Å²) in [5.74, 6) is 0.710. The van der Waals surface area contributed by atoms with E-state index in [2.05, 4.69) is 16.0 Å². The number of hydrogen-bond donors (Lipinski definition) is 3. The number of para-hydroxylation sites is 2. The molecular weight excluding hydrogens is 278 g/mol. The van der Waals surface area contributed by atoms with Crippen molar-refractivity contribution in [3.63, 3.8) is 0 Å². The lowest BCUT2D eigenvalue weighted by Crippen LogP contribution is -2.55. The van der Waals surface area contributed by atoms with Crippen molar-refractivity contribution in [1.29, 1.82) is 0 Å². The fourth-order valence-corrected chi connectivity index (χ4v) is 3.58. The normalized spacial score (nSPS) is 27.0. The van der Waals surface area contributed by atoms with Crippen molar-refractivity contribution in [3.05, 3.63) is 24.3 Å². The van der Waals surface area contributed by atoms with Gasteiger partial charge >= 0.3 is 6.03 Å². The Balaban J connectivity index is 1.56. The first-order chi connectivity index (χ1) is 10.7. The van der Waals surface area contributed by atoms with Gasteiger partial charge < -0.3 is 20.7 Å². The van der Waals surface area contributed by atoms with Crippen molar-refractivity contribution in [2.24, 2.45) is 0 Å². The van der Waals surface area contributed by atoms with E-state index < -0.39 is 0 Å². The van der Waals surface area contributed by atoms with Gasteiger partial charge in [-0.1, -0.05) is 18.6 Å². The zero-order valence-corrected chi connectivity index (χ0v) is 13.1. The van der Waals surface area contributed by atoms with Gasteiger partial charge in [0.1, 0.15) is 5.75 Å². The molecule has 5 nitrogen and oxygen atoms in total. The van der Waals surface area contributed by atoms with E-state index in [1.54, 1.807) is 0 Å². The third-order valence-electron chi connectivity index (χ3n) is 4.48. The fourth-order valence-electron chi connectivity index (χ4n) is 3.58. The minimum Gasteiger partial charge on any atom is -0.492 e. The van der Waals surface area contributed by atoms with E-state index in [0.717, 1.165) is 18.5 Å². The van der Waals surface area contributed by atoms with Gasteiger partial charge in [-0.3, -0.25) is 0 Å². The first kappa shape index (κ1) is 15.2. The number of hydrogen-bond acceptors (Lipinski definition) is 3. The summed E-state index contributed by atoms with van der Waals surface area (Å²) in [5.41, 5.74) is 0.718. The number of carbonyl (C=O) groups excluding carboxylic acids is 1. The predicted molar refractivity (Wildman–Crippen MR) is 87.4 cm³/mol. The van der Waals surface area contributed by atoms with Gasteiger partial charge in [0.05, 0.1) is 12.3 Å². The number of fused-ring (bicyclic) bond motifs is 2. The third kappa shape index (κ3) is 3.71. The van der Waals surface area contributed by atoms with Crippen LogP contribution in [0.5, 0.6) is 5.75 Å². The number of carbonyl (C=O) groups is 1. The van der Waals surface area contributed by atoms with E-state index in [1.165, 1.54) is 19.3 Å². The van der Waals surface area contributed by atoms with Crippen LogP contribution >= 0.6 is 0 Å². The summed E-state index contributed by atoms with van der Waals surface area (Å²) in [4.78, 5) is 12.3. The fraction of sp³-hybridized carbons (Fsp3) is 0.588. The van der Waals surface area contributed by atoms with E-state index >= 15 is 0 Å². The Labute approximate surface area is 131 Å². The standard InChI is InChI=1S/C17H25N3O2/c1-2-22-16-9-4-3-8-15(16)20-17(21)19-14-10-12-6-5-7-13(11-14)18-12/h3-4,8-9,12-14,18H,2,5-7,10-11H2,1H3,(H2,19,20,21). The Bertz CT molecular complexity index is 508. The first-order valence-corrected chi connectivity index (χ1v) is 8.30. The Kier molecular flexibility index (Phi) is 4.83. The number of ether oxygens (including phenoxy) is 1. The van der Waals surface area contributed by atoms with Crippen molar-refractivity contribution in [2.45, 2.75) is 57.2 Å². The quantitative estimate of drug-likeness (QED) is 0.801. The average molecular weight is 303 g/mol. The summed E-state index contributed by atoms with van der Waals surface area (Å²) in [7, 11) is 0. The summed E-state index contributed by atoms with van der Waals surface area (Å²) >= 11 is 0. The maximum absolute atomic E-state index is 12.3. The molecular formula is C17H25N3O2. The highest BCUT2D eigenvalue weighted by Crippen LogP contribution is 2.26. The van der Waals surface area contributed by atoms with Crippen LogP contribution in [-0.2, 0) is 0 Å². The molecule has 2 heterocycles. The van der Waals surface area contributed by atoms with Gasteiger partial charge in [0.2, 0.25) is 0 Å². The Morgan fingerprint density at radius 2 is 2.00 bits per heavy atom. The molecule has 1 aromatic carbocycles. The topological polar surface area (TPSA) is 62.4 Å². The second kappa shape index (κ2) is 7.01. The highest BCUT2D eigenvalue weighted by molar-refractivity contribution is 5.91. The average Bonchev–Trinajstić information content (AvgIpc) is 2.49. The minimum absolute atomic E-state index is 0.142. The van der Waals surface area contributed by atoms with E-state index in [9.17, 15) is 4.79 Å². The second-order valence-electron chi connectivity index (χ2n) is 6.19. The summed E-state index contributed by atoms with van der Waals surface area (Å²) in [6.07, 6.45) is 5.81. The van der Waals surface area contributed by atoms with Gasteiger partial charge in [-0.25, -0.2) is 4.79 Å². The zero-order valence-electron chi connectivity index (χ0n) is 13.1. The summed E-state index contributed by atoms with van der Waals surface area (Å²) in [5, 5.41) is 9.67. The molecule has 2 unspecified atom stereocenters. The van der Waals surface area contributed by atoms with E-state index in [4.69, 9.17) is 4.74 Å². The highest BCUT2D eigenvalue weighted by Gasteiger charge is 2.31. The molecule has 5 heteroatoms. The van der Waals surface area contributed by atoms with Crippen molar-refractivity contribution < 1.29 is 9.53 Å². The van der Waals surface area contributed by atoms with Crippen LogP contribution in [0.15, 0.2) is 24.3 Å². The molecule has 3 rings (SSSR count). The number of urea groups is 1. The van der Waals surface area contributed by atoms with E-state index in [0.29, 0.717) is 24.4 Å². The van der Waals surface area contributed by atoms with Crippen molar-refractivity contribution in [2.75, 3.05) is 11.9 Å². The van der Waals surface area contributed by atoms with Gasteiger partial charge in [0.25, 0.3) is 0 Å². The molecule has 0 aliphatic carbocycles. The Morgan fingerprint density at radius 1 is 1.27 bits per heavy atom. The molecule has 1 aromatic rings. The number of benzene rings is 1. The molecule has 2 amide bonds. The lowest BCUT2D eigenvalue weighted by atomic mass is 9.84. The second-order valence-corrected chi connectivity index (χ2v) is 6.19. The number of piperidine rings is 2. The highest BCUT2D eigenvalue weighted by atomic mass is 16.5. The Morgan fingerprint density at radius 3 is 2.73 bits per heavy atom. The molecule has 0 saturated carbocycles. The maximum Gasteiger partial charge on any atom is 0.319 e. The molecule has 3 N–H and O–H groups in total. The van der Waals surface area contributed by atoms with Gasteiger partial charge in [0.15, 0.2) is 0 Å². The Hall–Kier alpha value is -1.75. The van der Waals surface area contributed by atoms with Crippen LogP contribution in [0.25, 0.3) is 0 Å². The number of rotatable bonds is 4. The van der Waals surface area contributed by atoms with E-state index in [-0.39, 0.29) is 12.1 Å². The smallest absolute Gasteiger partial charge is 0.319 e. The van der Waals surface area contributed by atoms with Crippen LogP contribution in [0, 0.1) is 0 Å². The molecule has 120 valence electrons. The first-order valence-electron chi connectivity index (χ1n) is 8.30. The van der Waals surface area contributed by atoms with Gasteiger partial charge in [-0.2, -0.15) is 0 Å². The van der Waals surface area contributed by atoms with Crippen LogP contribution in [-0.4, -0.2) is 30.8 Å². The molecule has 2 atom stereocenters. The monoisotopic (exact) mass is 303 g/mol. The van der Waals surface area contributed by atoms with Crippen LogP contribution in [0.4, 0.5) is 10.5 Å². The largest absolute Gasteiger partial charge is 0.492 e. The molecule has 0 radical (unpaired) electrons. The van der Waals surface area contributed by atoms with Crippen molar-refractivity contribution in [3.8, 4) is 5.75 Å². The van der Waals surface area contributed by atoms with Crippen LogP contribution in [0.1, 0.15) is 39.0 Å². The molecule has 2 aliphatic heterocycles. The molecule has 2 fully saturated rings. The minimum atomic E-state index is -0.142. The van der Waals surface area contributed by atoms with Gasteiger partial charge in [-0.15, -0.1) is 0 Å². The summed E-state index contributed by atoms with van der Waals surface area (Å²) < 4.78 is 5.54. The van der Waals surface area contributed by atoms with Crippen LogP contribution in [0.2, 0.25) is 0 Å². The lowest BCUT2D eigenvalue weighted by Gasteiger charge is -2.40. The van der Waals surface area contributed by atoms with Gasteiger partial charge in [0, 0.05) is 18.1 Å². The summed E-state index contributed by atoms with van der Waals surface area (Å²) in [6.45, 7) is 2.52. The molecule has 0 aromatic heterocycles. The maximum atomic E-state index is 12.3. The third-order valence-corrected chi connectivity index (χ3v) is 4.48. The van der Waals surface area contributed by atoms with Crippen molar-refractivity contribution >= 4 is 11.7 Å². The molecule has 2 saturated heterocycles. The number of nitrogens with one attached hydrogen (secondary N) is 3. The lowest BCUT2D eigenvalue weighted by molar-refractivity contribution is 0.199. The summed E-state index contributed by atoms with van der Waals surface area (Å²) in [6, 6.07) is 8.78. The number of amides is 2. The van der Waals surface area contributed by atoms with Crippen molar-refractivity contribution in [1.82, 2.24) is 10.6 Å². The molecule has 0 spiro atoms. The van der Waals surface area contributed by atoms with E-state index in [1.807, 2.05) is 31.2 Å². The molecule has 2 bridgehead atoms. The molecule has 2 aliphatic rings.